The van der Waals surface area contributed by atoms with Crippen LogP contribution in [0.3, 0.4) is 0 Å². The normalized spacial score (nSPS) is 11.4. The number of oxazole rings is 1. The molecular weight excluding hydrogens is 316 g/mol. The van der Waals surface area contributed by atoms with Crippen LogP contribution in [0.25, 0.3) is 10.8 Å². The highest BCUT2D eigenvalue weighted by molar-refractivity contribution is 7.13. The van der Waals surface area contributed by atoms with E-state index in [-0.39, 0.29) is 6.61 Å². The van der Waals surface area contributed by atoms with Gasteiger partial charge in [-0.15, -0.1) is 22.7 Å². The van der Waals surface area contributed by atoms with Gasteiger partial charge in [-0.05, 0) is 29.8 Å². The zero-order valence-electron chi connectivity index (χ0n) is 12.4. The predicted octanol–water partition coefficient (Wildman–Crippen LogP) is 3.77. The highest BCUT2D eigenvalue weighted by Gasteiger charge is 2.16. The molecule has 0 aliphatic heterocycles. The molecule has 0 aliphatic rings. The van der Waals surface area contributed by atoms with Crippen LogP contribution in [-0.4, -0.2) is 28.1 Å². The third-order valence-electron chi connectivity index (χ3n) is 3.37. The van der Waals surface area contributed by atoms with Crippen molar-refractivity contribution in [2.45, 2.75) is 20.0 Å². The molecule has 0 unspecified atom stereocenters. The Labute approximate surface area is 137 Å². The second-order valence-electron chi connectivity index (χ2n) is 5.01. The summed E-state index contributed by atoms with van der Waals surface area (Å²) in [6, 6.07) is 8.17. The van der Waals surface area contributed by atoms with E-state index in [1.54, 1.807) is 22.7 Å². The van der Waals surface area contributed by atoms with Crippen molar-refractivity contribution in [3.05, 3.63) is 51.4 Å². The van der Waals surface area contributed by atoms with Crippen LogP contribution in [0.2, 0.25) is 0 Å². The van der Waals surface area contributed by atoms with Crippen LogP contribution >= 0.6 is 22.7 Å². The van der Waals surface area contributed by atoms with Crippen molar-refractivity contribution in [1.82, 2.24) is 9.88 Å². The van der Waals surface area contributed by atoms with Crippen molar-refractivity contribution in [2.24, 2.45) is 0 Å². The Balaban J connectivity index is 1.74. The third kappa shape index (κ3) is 3.64. The molecule has 0 amide bonds. The van der Waals surface area contributed by atoms with E-state index in [0.29, 0.717) is 19.0 Å². The number of aryl methyl sites for hydroxylation is 1. The molecule has 0 spiro atoms. The van der Waals surface area contributed by atoms with Gasteiger partial charge in [-0.2, -0.15) is 0 Å². The van der Waals surface area contributed by atoms with Gasteiger partial charge in [0.15, 0.2) is 0 Å². The lowest BCUT2D eigenvalue weighted by molar-refractivity contribution is 0.183. The second-order valence-corrected chi connectivity index (χ2v) is 6.99. The lowest BCUT2D eigenvalue weighted by Crippen LogP contribution is -2.26. The van der Waals surface area contributed by atoms with Crippen LogP contribution in [-0.2, 0) is 13.1 Å². The van der Waals surface area contributed by atoms with Gasteiger partial charge in [0.2, 0.25) is 5.89 Å². The first-order valence-corrected chi connectivity index (χ1v) is 8.88. The average Bonchev–Trinajstić information content (AvgIpc) is 3.22. The Hall–Kier alpha value is -1.47. The molecule has 0 aromatic carbocycles. The first-order chi connectivity index (χ1) is 10.8. The molecule has 4 nitrogen and oxygen atoms in total. The maximum atomic E-state index is 9.29. The summed E-state index contributed by atoms with van der Waals surface area (Å²) in [5.74, 6) is 1.53. The number of hydrogen-bond acceptors (Lipinski definition) is 6. The van der Waals surface area contributed by atoms with Gasteiger partial charge in [-0.3, -0.25) is 4.90 Å². The topological polar surface area (TPSA) is 49.5 Å². The van der Waals surface area contributed by atoms with E-state index in [2.05, 4.69) is 21.3 Å². The molecule has 22 heavy (non-hydrogen) atoms. The fourth-order valence-electron chi connectivity index (χ4n) is 2.27. The SMILES string of the molecule is Cc1oc(-c2cccs2)nc1CN(CCO)Cc1cccs1. The molecule has 0 bridgehead atoms. The summed E-state index contributed by atoms with van der Waals surface area (Å²) in [5, 5.41) is 13.4. The summed E-state index contributed by atoms with van der Waals surface area (Å²) in [5.41, 5.74) is 0.938. The molecule has 3 heterocycles. The standard InChI is InChI=1S/C16H18N2O2S2/c1-12-14(17-16(20-12)15-5-3-9-22-15)11-18(6-7-19)10-13-4-2-8-21-13/h2-5,8-9,19H,6-7,10-11H2,1H3. The van der Waals surface area contributed by atoms with Crippen molar-refractivity contribution in [1.29, 1.82) is 0 Å². The van der Waals surface area contributed by atoms with Crippen LogP contribution < -0.4 is 0 Å². The molecule has 0 saturated heterocycles. The van der Waals surface area contributed by atoms with E-state index in [9.17, 15) is 5.11 Å². The van der Waals surface area contributed by atoms with Gasteiger partial charge >= 0.3 is 0 Å². The van der Waals surface area contributed by atoms with Gasteiger partial charge in [0, 0.05) is 24.5 Å². The van der Waals surface area contributed by atoms with Gasteiger partial charge < -0.3 is 9.52 Å². The number of aliphatic hydroxyl groups excluding tert-OH is 1. The van der Waals surface area contributed by atoms with E-state index < -0.39 is 0 Å². The van der Waals surface area contributed by atoms with Crippen LogP contribution in [0, 0.1) is 6.92 Å². The van der Waals surface area contributed by atoms with Crippen LogP contribution in [0.1, 0.15) is 16.3 Å². The van der Waals surface area contributed by atoms with Gasteiger partial charge in [0.1, 0.15) is 5.76 Å². The molecule has 0 atom stereocenters. The number of thiophene rings is 2. The van der Waals surface area contributed by atoms with E-state index in [0.717, 1.165) is 22.9 Å². The summed E-state index contributed by atoms with van der Waals surface area (Å²) >= 11 is 3.35. The fraction of sp³-hybridized carbons (Fsp3) is 0.312. The molecule has 3 aromatic heterocycles. The highest BCUT2D eigenvalue weighted by Crippen LogP contribution is 2.26. The Kier molecular flexibility index (Phi) is 5.04. The monoisotopic (exact) mass is 334 g/mol. The molecule has 116 valence electrons. The third-order valence-corrected chi connectivity index (χ3v) is 5.09. The number of aromatic nitrogens is 1. The molecule has 3 rings (SSSR count). The quantitative estimate of drug-likeness (QED) is 0.714. The average molecular weight is 334 g/mol. The minimum atomic E-state index is 0.139. The molecule has 0 aliphatic carbocycles. The molecule has 6 heteroatoms. The fourth-order valence-corrected chi connectivity index (χ4v) is 3.67. The van der Waals surface area contributed by atoms with Crippen LogP contribution in [0.4, 0.5) is 0 Å². The van der Waals surface area contributed by atoms with Gasteiger partial charge in [-0.25, -0.2) is 4.98 Å². The number of hydrogen-bond donors (Lipinski definition) is 1. The zero-order chi connectivity index (χ0) is 15.4. The van der Waals surface area contributed by atoms with E-state index in [1.165, 1.54) is 4.88 Å². The first-order valence-electron chi connectivity index (χ1n) is 7.12. The van der Waals surface area contributed by atoms with Crippen LogP contribution in [0.5, 0.6) is 0 Å². The number of rotatable bonds is 7. The Morgan fingerprint density at radius 1 is 1.18 bits per heavy atom. The molecule has 0 saturated carbocycles. The highest BCUT2D eigenvalue weighted by atomic mass is 32.1. The Morgan fingerprint density at radius 2 is 2.00 bits per heavy atom. The molecule has 3 aromatic rings. The Morgan fingerprint density at radius 3 is 2.68 bits per heavy atom. The van der Waals surface area contributed by atoms with Gasteiger partial charge in [0.05, 0.1) is 17.2 Å². The predicted molar refractivity (Wildman–Crippen MR) is 90.1 cm³/mol. The molecular formula is C16H18N2O2S2. The Bertz CT molecular complexity index is 690. The van der Waals surface area contributed by atoms with E-state index >= 15 is 0 Å². The maximum absolute atomic E-state index is 9.29. The smallest absolute Gasteiger partial charge is 0.236 e. The largest absolute Gasteiger partial charge is 0.440 e. The second kappa shape index (κ2) is 7.19. The minimum absolute atomic E-state index is 0.139. The van der Waals surface area contributed by atoms with Crippen molar-refractivity contribution >= 4 is 22.7 Å². The first kappa shape index (κ1) is 15.4. The van der Waals surface area contributed by atoms with Crippen LogP contribution in [0.15, 0.2) is 39.4 Å². The zero-order valence-corrected chi connectivity index (χ0v) is 14.0. The molecule has 0 radical (unpaired) electrons. The summed E-state index contributed by atoms with van der Waals surface area (Å²) < 4.78 is 5.79. The van der Waals surface area contributed by atoms with Crippen molar-refractivity contribution in [3.8, 4) is 10.8 Å². The minimum Gasteiger partial charge on any atom is -0.440 e. The number of nitrogens with zero attached hydrogens (tertiary/aromatic N) is 2. The molecule has 0 fully saturated rings. The van der Waals surface area contributed by atoms with Gasteiger partial charge in [0.25, 0.3) is 0 Å². The summed E-state index contributed by atoms with van der Waals surface area (Å²) in [6.07, 6.45) is 0. The lowest BCUT2D eigenvalue weighted by atomic mass is 10.3. The van der Waals surface area contributed by atoms with Crippen molar-refractivity contribution in [3.63, 3.8) is 0 Å². The molecule has 1 N–H and O–H groups in total. The summed E-state index contributed by atoms with van der Waals surface area (Å²) in [7, 11) is 0. The lowest BCUT2D eigenvalue weighted by Gasteiger charge is -2.19. The van der Waals surface area contributed by atoms with E-state index in [1.807, 2.05) is 30.5 Å². The number of aliphatic hydroxyl groups is 1. The van der Waals surface area contributed by atoms with E-state index in [4.69, 9.17) is 4.42 Å². The van der Waals surface area contributed by atoms with Crippen molar-refractivity contribution in [2.75, 3.05) is 13.2 Å². The summed E-state index contributed by atoms with van der Waals surface area (Å²) in [4.78, 5) is 9.14. The van der Waals surface area contributed by atoms with Gasteiger partial charge in [-0.1, -0.05) is 12.1 Å². The van der Waals surface area contributed by atoms with Crippen molar-refractivity contribution < 1.29 is 9.52 Å². The summed E-state index contributed by atoms with van der Waals surface area (Å²) in [6.45, 7) is 4.21. The maximum Gasteiger partial charge on any atom is 0.236 e.